The van der Waals surface area contributed by atoms with Crippen molar-refractivity contribution in [2.75, 3.05) is 23.7 Å². The van der Waals surface area contributed by atoms with Crippen LogP contribution < -0.4 is 15.8 Å². The molecule has 1 fully saturated rings. The number of sulfonamides is 1. The minimum absolute atomic E-state index is 0.125. The zero-order valence-electron chi connectivity index (χ0n) is 12.3. The number of hydrogen-bond acceptors (Lipinski definition) is 4. The molecule has 6 heteroatoms. The molecule has 0 spiro atoms. The van der Waals surface area contributed by atoms with Crippen molar-refractivity contribution in [1.82, 2.24) is 0 Å². The van der Waals surface area contributed by atoms with E-state index in [1.807, 2.05) is 6.07 Å². The van der Waals surface area contributed by atoms with E-state index in [4.69, 9.17) is 10.9 Å². The van der Waals surface area contributed by atoms with E-state index in [0.29, 0.717) is 23.1 Å². The molecule has 0 bridgehead atoms. The normalized spacial score (nSPS) is 19.9. The molecule has 0 radical (unpaired) electrons. The van der Waals surface area contributed by atoms with Crippen molar-refractivity contribution in [3.63, 3.8) is 0 Å². The van der Waals surface area contributed by atoms with Crippen LogP contribution in [-0.4, -0.2) is 21.5 Å². The molecule has 112 valence electrons. The Morgan fingerprint density at radius 2 is 2.00 bits per heavy atom. The molecule has 1 aliphatic heterocycles. The topological polar surface area (TPSA) is 89.4 Å². The number of nitrogens with two attached hydrogens (primary N) is 2. The van der Waals surface area contributed by atoms with Crippen molar-refractivity contribution in [1.29, 1.82) is 0 Å². The van der Waals surface area contributed by atoms with Crippen LogP contribution in [0.1, 0.15) is 25.8 Å². The molecular weight excluding hydrogens is 274 g/mol. The molecule has 0 aliphatic carbocycles. The van der Waals surface area contributed by atoms with Gasteiger partial charge in [-0.2, -0.15) is 0 Å². The van der Waals surface area contributed by atoms with Gasteiger partial charge in [0, 0.05) is 24.5 Å². The van der Waals surface area contributed by atoms with Gasteiger partial charge in [-0.15, -0.1) is 0 Å². The second-order valence-electron chi connectivity index (χ2n) is 5.95. The summed E-state index contributed by atoms with van der Waals surface area (Å²) in [5.74, 6) is 1.26. The summed E-state index contributed by atoms with van der Waals surface area (Å²) in [6.07, 6.45) is 1.12. The highest BCUT2D eigenvalue weighted by Crippen LogP contribution is 2.34. The van der Waals surface area contributed by atoms with Gasteiger partial charge in [0.1, 0.15) is 0 Å². The lowest BCUT2D eigenvalue weighted by atomic mass is 9.95. The van der Waals surface area contributed by atoms with E-state index in [1.165, 1.54) is 6.07 Å². The molecule has 5 nitrogen and oxygen atoms in total. The maximum Gasteiger partial charge on any atom is 0.238 e. The highest BCUT2D eigenvalue weighted by atomic mass is 32.2. The molecule has 0 saturated carbocycles. The Morgan fingerprint density at radius 1 is 1.35 bits per heavy atom. The average molecular weight is 297 g/mol. The lowest BCUT2D eigenvalue weighted by Crippen LogP contribution is -2.23. The van der Waals surface area contributed by atoms with Gasteiger partial charge in [0.05, 0.1) is 4.90 Å². The highest BCUT2D eigenvalue weighted by molar-refractivity contribution is 7.89. The lowest BCUT2D eigenvalue weighted by Gasteiger charge is -2.23. The third-order valence-corrected chi connectivity index (χ3v) is 5.21. The molecule has 0 amide bonds. The minimum atomic E-state index is -3.74. The number of rotatable bonds is 3. The van der Waals surface area contributed by atoms with Crippen LogP contribution in [0.3, 0.4) is 0 Å². The van der Waals surface area contributed by atoms with Crippen molar-refractivity contribution >= 4 is 21.4 Å². The second kappa shape index (κ2) is 5.26. The Kier molecular flexibility index (Phi) is 3.97. The van der Waals surface area contributed by atoms with E-state index in [-0.39, 0.29) is 4.90 Å². The lowest BCUT2D eigenvalue weighted by molar-refractivity contribution is 0.422. The first-order valence-corrected chi connectivity index (χ1v) is 8.42. The van der Waals surface area contributed by atoms with Gasteiger partial charge in [-0.1, -0.05) is 13.8 Å². The number of anilines is 2. The van der Waals surface area contributed by atoms with Crippen LogP contribution in [0.15, 0.2) is 17.0 Å². The molecule has 1 atom stereocenters. The van der Waals surface area contributed by atoms with Crippen LogP contribution in [0, 0.1) is 18.8 Å². The van der Waals surface area contributed by atoms with Gasteiger partial charge in [-0.3, -0.25) is 0 Å². The molecule has 1 aromatic carbocycles. The minimum Gasteiger partial charge on any atom is -0.399 e. The summed E-state index contributed by atoms with van der Waals surface area (Å²) in [6.45, 7) is 8.09. The molecule has 20 heavy (non-hydrogen) atoms. The van der Waals surface area contributed by atoms with E-state index < -0.39 is 10.0 Å². The van der Waals surface area contributed by atoms with Gasteiger partial charge in [-0.25, -0.2) is 13.6 Å². The average Bonchev–Trinajstić information content (AvgIpc) is 2.79. The number of nitrogens with zero attached hydrogens (tertiary/aromatic N) is 1. The summed E-state index contributed by atoms with van der Waals surface area (Å²) in [4.78, 5) is 2.34. The highest BCUT2D eigenvalue weighted by Gasteiger charge is 2.27. The summed E-state index contributed by atoms with van der Waals surface area (Å²) >= 11 is 0. The fourth-order valence-corrected chi connectivity index (χ4v) is 3.70. The molecule has 1 heterocycles. The quantitative estimate of drug-likeness (QED) is 0.831. The van der Waals surface area contributed by atoms with E-state index in [1.54, 1.807) is 6.92 Å². The zero-order chi connectivity index (χ0) is 15.1. The maximum atomic E-state index is 11.6. The van der Waals surface area contributed by atoms with Crippen LogP contribution in [0.25, 0.3) is 0 Å². The number of primary sulfonamides is 1. The Labute approximate surface area is 121 Å². The standard InChI is InChI=1S/C14H23N3O2S/c1-9(2)11-4-5-17(8-11)13-6-12(15)7-14(10(13)3)20(16,18)19/h6-7,9,11H,4-5,8,15H2,1-3H3,(H2,16,18,19). The van der Waals surface area contributed by atoms with Gasteiger partial charge in [0.25, 0.3) is 0 Å². The first-order chi connectivity index (χ1) is 9.20. The van der Waals surface area contributed by atoms with Crippen molar-refractivity contribution in [3.8, 4) is 0 Å². The van der Waals surface area contributed by atoms with Crippen LogP contribution in [-0.2, 0) is 10.0 Å². The smallest absolute Gasteiger partial charge is 0.238 e. The first kappa shape index (κ1) is 15.1. The fourth-order valence-electron chi connectivity index (χ4n) is 2.87. The van der Waals surface area contributed by atoms with E-state index in [2.05, 4.69) is 18.7 Å². The van der Waals surface area contributed by atoms with E-state index >= 15 is 0 Å². The fraction of sp³-hybridized carbons (Fsp3) is 0.571. The zero-order valence-corrected chi connectivity index (χ0v) is 13.1. The molecule has 4 N–H and O–H groups in total. The summed E-state index contributed by atoms with van der Waals surface area (Å²) in [6, 6.07) is 3.27. The van der Waals surface area contributed by atoms with E-state index in [9.17, 15) is 8.42 Å². The summed E-state index contributed by atoms with van der Waals surface area (Å²) in [5, 5.41) is 5.27. The van der Waals surface area contributed by atoms with Crippen molar-refractivity contribution in [3.05, 3.63) is 17.7 Å². The Morgan fingerprint density at radius 3 is 2.50 bits per heavy atom. The Hall–Kier alpha value is -1.27. The van der Waals surface area contributed by atoms with Gasteiger partial charge in [-0.05, 0) is 42.9 Å². The molecule has 1 aliphatic rings. The van der Waals surface area contributed by atoms with Crippen LogP contribution >= 0.6 is 0 Å². The van der Waals surface area contributed by atoms with Gasteiger partial charge in [0.2, 0.25) is 10.0 Å². The third-order valence-electron chi connectivity index (χ3n) is 4.17. The van der Waals surface area contributed by atoms with Crippen LogP contribution in [0.5, 0.6) is 0 Å². The third kappa shape index (κ3) is 2.91. The summed E-state index contributed by atoms with van der Waals surface area (Å²) in [7, 11) is -3.74. The molecule has 1 saturated heterocycles. The summed E-state index contributed by atoms with van der Waals surface area (Å²) in [5.41, 5.74) is 7.85. The Balaban J connectivity index is 2.41. The summed E-state index contributed by atoms with van der Waals surface area (Å²) < 4.78 is 23.3. The van der Waals surface area contributed by atoms with Gasteiger partial charge >= 0.3 is 0 Å². The van der Waals surface area contributed by atoms with Crippen molar-refractivity contribution in [2.24, 2.45) is 17.0 Å². The second-order valence-corrected chi connectivity index (χ2v) is 7.48. The molecule has 1 aromatic rings. The van der Waals surface area contributed by atoms with E-state index in [0.717, 1.165) is 25.2 Å². The maximum absolute atomic E-state index is 11.6. The molecule has 1 unspecified atom stereocenters. The molecular formula is C14H23N3O2S. The first-order valence-electron chi connectivity index (χ1n) is 6.88. The SMILES string of the molecule is Cc1c(N2CCC(C(C)C)C2)cc(N)cc1S(N)(=O)=O. The van der Waals surface area contributed by atoms with Crippen molar-refractivity contribution in [2.45, 2.75) is 32.1 Å². The molecule has 2 rings (SSSR count). The van der Waals surface area contributed by atoms with Crippen molar-refractivity contribution < 1.29 is 8.42 Å². The van der Waals surface area contributed by atoms with Gasteiger partial charge in [0.15, 0.2) is 0 Å². The predicted molar refractivity (Wildman–Crippen MR) is 82.1 cm³/mol. The predicted octanol–water partition coefficient (Wildman–Crippen LogP) is 1.71. The molecule has 0 aromatic heterocycles. The largest absolute Gasteiger partial charge is 0.399 e. The van der Waals surface area contributed by atoms with Crippen LogP contribution in [0.2, 0.25) is 0 Å². The van der Waals surface area contributed by atoms with Crippen LogP contribution in [0.4, 0.5) is 11.4 Å². The van der Waals surface area contributed by atoms with Gasteiger partial charge < -0.3 is 10.6 Å². The Bertz CT molecular complexity index is 611. The monoisotopic (exact) mass is 297 g/mol. The number of hydrogen-bond donors (Lipinski definition) is 2. The number of benzene rings is 1. The number of nitrogen functional groups attached to an aromatic ring is 1.